The molecule has 0 saturated carbocycles. The van der Waals surface area contributed by atoms with Gasteiger partial charge in [-0.1, -0.05) is 11.6 Å². The predicted molar refractivity (Wildman–Crippen MR) is 98.3 cm³/mol. The average Bonchev–Trinajstić information content (AvgIpc) is 2.73. The third-order valence-corrected chi connectivity index (χ3v) is 5.60. The zero-order valence-electron chi connectivity index (χ0n) is 14.3. The van der Waals surface area contributed by atoms with E-state index in [1.54, 1.807) is 7.11 Å². The third kappa shape index (κ3) is 1.85. The van der Waals surface area contributed by atoms with Crippen molar-refractivity contribution in [1.82, 2.24) is 0 Å². The van der Waals surface area contributed by atoms with Gasteiger partial charge in [0.2, 0.25) is 5.72 Å². The molecule has 2 aliphatic heterocycles. The second-order valence-corrected chi connectivity index (χ2v) is 7.32. The third-order valence-electron chi connectivity index (χ3n) is 5.36. The van der Waals surface area contributed by atoms with Gasteiger partial charge in [0.25, 0.3) is 0 Å². The van der Waals surface area contributed by atoms with E-state index < -0.39 is 5.72 Å². The van der Waals surface area contributed by atoms with Gasteiger partial charge in [0.05, 0.1) is 12.5 Å². The number of fused-ring (bicyclic) bond motifs is 2. The van der Waals surface area contributed by atoms with Crippen molar-refractivity contribution in [2.24, 2.45) is 0 Å². The van der Waals surface area contributed by atoms with Gasteiger partial charge in [-0.25, -0.2) is 0 Å². The lowest BCUT2D eigenvalue weighted by Crippen LogP contribution is -2.58. The fraction of sp³-hybridized carbons (Fsp3) is 0.300. The molecular formula is C20H20ClNO2. The number of anilines is 1. The Hall–Kier alpha value is -2.13. The molecule has 0 saturated heterocycles. The molecule has 2 aromatic carbocycles. The van der Waals surface area contributed by atoms with Gasteiger partial charge in [-0.05, 0) is 61.9 Å². The summed E-state index contributed by atoms with van der Waals surface area (Å²) >= 11 is 6.25. The lowest BCUT2D eigenvalue weighted by Gasteiger charge is -2.45. The van der Waals surface area contributed by atoms with Gasteiger partial charge in [-0.3, -0.25) is 0 Å². The predicted octanol–water partition coefficient (Wildman–Crippen LogP) is 4.88. The van der Waals surface area contributed by atoms with Gasteiger partial charge in [0.15, 0.2) is 0 Å². The number of ether oxygens (including phenoxy) is 2. The molecule has 0 bridgehead atoms. The van der Waals surface area contributed by atoms with E-state index in [1.807, 2.05) is 30.3 Å². The Bertz CT molecular complexity index is 859. The molecule has 2 heterocycles. The summed E-state index contributed by atoms with van der Waals surface area (Å²) in [5.74, 6) is 1.62. The van der Waals surface area contributed by atoms with E-state index in [4.69, 9.17) is 21.1 Å². The smallest absolute Gasteiger partial charge is 0.211 e. The molecule has 124 valence electrons. The van der Waals surface area contributed by atoms with Crippen LogP contribution in [0.1, 0.15) is 25.0 Å². The molecule has 0 N–H and O–H groups in total. The Morgan fingerprint density at radius 3 is 2.67 bits per heavy atom. The Kier molecular flexibility index (Phi) is 3.17. The van der Waals surface area contributed by atoms with E-state index in [-0.39, 0.29) is 5.41 Å². The van der Waals surface area contributed by atoms with Crippen LogP contribution in [0, 0.1) is 0 Å². The molecular weight excluding hydrogens is 322 g/mol. The van der Waals surface area contributed by atoms with Crippen LogP contribution in [-0.4, -0.2) is 19.9 Å². The summed E-state index contributed by atoms with van der Waals surface area (Å²) in [5.41, 5.74) is 2.52. The van der Waals surface area contributed by atoms with Crippen LogP contribution in [0.15, 0.2) is 42.5 Å². The quantitative estimate of drug-likeness (QED) is 0.738. The maximum absolute atomic E-state index is 6.59. The van der Waals surface area contributed by atoms with Gasteiger partial charge in [0, 0.05) is 29.4 Å². The number of likely N-dealkylation sites (N-methyl/N-ethyl adjacent to an activating group) is 1. The van der Waals surface area contributed by atoms with Crippen LogP contribution >= 0.6 is 11.6 Å². The van der Waals surface area contributed by atoms with Gasteiger partial charge >= 0.3 is 0 Å². The van der Waals surface area contributed by atoms with E-state index in [9.17, 15) is 0 Å². The fourth-order valence-corrected chi connectivity index (χ4v) is 4.05. The highest BCUT2D eigenvalue weighted by atomic mass is 35.5. The molecule has 3 nitrogen and oxygen atoms in total. The first kappa shape index (κ1) is 15.4. The first-order valence-electron chi connectivity index (χ1n) is 7.99. The monoisotopic (exact) mass is 341 g/mol. The summed E-state index contributed by atoms with van der Waals surface area (Å²) in [7, 11) is 3.73. The number of hydrogen-bond donors (Lipinski definition) is 0. The topological polar surface area (TPSA) is 21.7 Å². The average molecular weight is 342 g/mol. The van der Waals surface area contributed by atoms with E-state index >= 15 is 0 Å². The van der Waals surface area contributed by atoms with Crippen molar-refractivity contribution in [2.45, 2.75) is 25.0 Å². The first-order chi connectivity index (χ1) is 11.4. The molecule has 1 spiro atoms. The van der Waals surface area contributed by atoms with Crippen molar-refractivity contribution in [3.63, 3.8) is 0 Å². The van der Waals surface area contributed by atoms with Crippen LogP contribution in [0.25, 0.3) is 6.08 Å². The second-order valence-electron chi connectivity index (χ2n) is 6.88. The second kappa shape index (κ2) is 4.93. The van der Waals surface area contributed by atoms with Crippen LogP contribution in [0.4, 0.5) is 5.69 Å². The number of halogens is 1. The summed E-state index contributed by atoms with van der Waals surface area (Å²) in [6.07, 6.45) is 4.28. The van der Waals surface area contributed by atoms with Gasteiger partial charge in [-0.15, -0.1) is 0 Å². The van der Waals surface area contributed by atoms with Crippen molar-refractivity contribution in [3.8, 4) is 11.5 Å². The molecule has 0 aliphatic carbocycles. The minimum Gasteiger partial charge on any atom is -0.497 e. The highest BCUT2D eigenvalue weighted by Gasteiger charge is 2.57. The summed E-state index contributed by atoms with van der Waals surface area (Å²) in [4.78, 5) is 2.19. The van der Waals surface area contributed by atoms with Crippen LogP contribution in [-0.2, 0) is 5.41 Å². The Balaban J connectivity index is 1.87. The van der Waals surface area contributed by atoms with Crippen molar-refractivity contribution in [2.75, 3.05) is 19.1 Å². The lowest BCUT2D eigenvalue weighted by molar-refractivity contribution is 0.0579. The van der Waals surface area contributed by atoms with E-state index in [2.05, 4.69) is 44.0 Å². The molecule has 2 aromatic rings. The molecule has 4 heteroatoms. The maximum atomic E-state index is 6.59. The van der Waals surface area contributed by atoms with Crippen LogP contribution in [0.5, 0.6) is 11.5 Å². The van der Waals surface area contributed by atoms with Crippen LogP contribution in [0.3, 0.4) is 0 Å². The molecule has 1 atom stereocenters. The molecule has 0 amide bonds. The molecule has 4 rings (SSSR count). The number of nitrogens with zero attached hydrogens (tertiary/aromatic N) is 1. The van der Waals surface area contributed by atoms with Crippen LogP contribution in [0.2, 0.25) is 5.02 Å². The zero-order chi connectivity index (χ0) is 17.1. The molecule has 0 unspecified atom stereocenters. The minimum atomic E-state index is -0.598. The highest BCUT2D eigenvalue weighted by Crippen LogP contribution is 2.54. The summed E-state index contributed by atoms with van der Waals surface area (Å²) in [5, 5.41) is 0.745. The summed E-state index contributed by atoms with van der Waals surface area (Å²) < 4.78 is 11.9. The molecule has 2 aliphatic rings. The summed E-state index contributed by atoms with van der Waals surface area (Å²) in [6, 6.07) is 11.9. The van der Waals surface area contributed by atoms with Crippen molar-refractivity contribution in [1.29, 1.82) is 0 Å². The van der Waals surface area contributed by atoms with E-state index in [0.717, 1.165) is 27.8 Å². The molecule has 24 heavy (non-hydrogen) atoms. The van der Waals surface area contributed by atoms with Crippen molar-refractivity contribution < 1.29 is 9.47 Å². The normalized spacial score (nSPS) is 23.0. The van der Waals surface area contributed by atoms with Gasteiger partial charge in [0.1, 0.15) is 11.5 Å². The molecule has 0 radical (unpaired) electrons. The zero-order valence-corrected chi connectivity index (χ0v) is 15.0. The fourth-order valence-electron chi connectivity index (χ4n) is 3.88. The largest absolute Gasteiger partial charge is 0.497 e. The molecule has 0 fully saturated rings. The van der Waals surface area contributed by atoms with E-state index in [0.29, 0.717) is 0 Å². The summed E-state index contributed by atoms with van der Waals surface area (Å²) in [6.45, 7) is 4.39. The number of methoxy groups -OCH3 is 1. The minimum absolute atomic E-state index is 0.265. The van der Waals surface area contributed by atoms with Gasteiger partial charge in [-0.2, -0.15) is 0 Å². The number of hydrogen-bond acceptors (Lipinski definition) is 3. The van der Waals surface area contributed by atoms with Gasteiger partial charge < -0.3 is 14.4 Å². The number of rotatable bonds is 1. The van der Waals surface area contributed by atoms with E-state index in [1.165, 1.54) is 5.56 Å². The van der Waals surface area contributed by atoms with Crippen molar-refractivity contribution >= 4 is 23.4 Å². The highest BCUT2D eigenvalue weighted by molar-refractivity contribution is 6.30. The SMILES string of the molecule is COc1ccc2c(c1)O[C@@]1(C=C2)N(C)c2ccc(Cl)cc2C1(C)C. The lowest BCUT2D eigenvalue weighted by atomic mass is 9.76. The standard InChI is InChI=1S/C20H20ClNO2/c1-19(2)16-11-14(21)6-8-17(16)22(3)20(19)10-9-13-5-7-15(23-4)12-18(13)24-20/h5-12H,1-4H3/t20-/m1/s1. The number of benzene rings is 2. The van der Waals surface area contributed by atoms with Crippen molar-refractivity contribution in [3.05, 3.63) is 58.6 Å². The Morgan fingerprint density at radius 2 is 1.92 bits per heavy atom. The first-order valence-corrected chi connectivity index (χ1v) is 8.37. The maximum Gasteiger partial charge on any atom is 0.211 e. The Morgan fingerprint density at radius 1 is 1.12 bits per heavy atom. The van der Waals surface area contributed by atoms with Crippen LogP contribution < -0.4 is 14.4 Å². The molecule has 0 aromatic heterocycles. The Labute approximate surface area is 147 Å².